The maximum atomic E-state index is 13.2. The number of benzene rings is 3. The summed E-state index contributed by atoms with van der Waals surface area (Å²) < 4.78 is 0. The molecule has 6 rings (SSSR count). The molecule has 37 heavy (non-hydrogen) atoms. The van der Waals surface area contributed by atoms with Crippen LogP contribution in [0.4, 0.5) is 0 Å². The van der Waals surface area contributed by atoms with Gasteiger partial charge in [0.1, 0.15) is 0 Å². The Hall–Kier alpha value is -4.07. The Balaban J connectivity index is 1.28. The molecule has 0 radical (unpaired) electrons. The first-order chi connectivity index (χ1) is 18.0. The van der Waals surface area contributed by atoms with Gasteiger partial charge in [-0.1, -0.05) is 61.4 Å². The highest BCUT2D eigenvalue weighted by molar-refractivity contribution is 5.91. The quantitative estimate of drug-likeness (QED) is 0.353. The molecule has 1 aromatic heterocycles. The molecule has 0 saturated heterocycles. The number of fused-ring (bicyclic) bond motifs is 1. The first kappa shape index (κ1) is 23.3. The molecule has 2 saturated carbocycles. The number of nitrogens with zero attached hydrogens (tertiary/aromatic N) is 4. The normalized spacial score (nSPS) is 16.6. The lowest BCUT2D eigenvalue weighted by Gasteiger charge is -2.32. The number of nitrogens with one attached hydrogen (secondary N) is 1. The lowest BCUT2D eigenvalue weighted by molar-refractivity contribution is -0.152. The summed E-state index contributed by atoms with van der Waals surface area (Å²) in [6, 6.07) is 20.5. The second-order valence-electron chi connectivity index (χ2n) is 10.4. The number of hydrogen-bond acceptors (Lipinski definition) is 5. The molecule has 2 N–H and O–H groups in total. The molecule has 8 heteroatoms. The number of aliphatic carboxylic acids is 1. The van der Waals surface area contributed by atoms with Crippen LogP contribution in [0.5, 0.6) is 0 Å². The molecular weight excluding hydrogens is 466 g/mol. The Morgan fingerprint density at radius 3 is 2.41 bits per heavy atom. The maximum Gasteiger partial charge on any atom is 0.311 e. The van der Waals surface area contributed by atoms with Crippen molar-refractivity contribution in [2.45, 2.75) is 45.1 Å². The van der Waals surface area contributed by atoms with Crippen molar-refractivity contribution in [1.29, 1.82) is 0 Å². The third kappa shape index (κ3) is 4.59. The van der Waals surface area contributed by atoms with Crippen molar-refractivity contribution >= 4 is 22.6 Å². The third-order valence-electron chi connectivity index (χ3n) is 7.85. The molecule has 1 heterocycles. The van der Waals surface area contributed by atoms with Crippen molar-refractivity contribution in [3.05, 3.63) is 66.2 Å². The van der Waals surface area contributed by atoms with Crippen LogP contribution in [-0.4, -0.2) is 49.1 Å². The summed E-state index contributed by atoms with van der Waals surface area (Å²) in [5, 5.41) is 26.7. The summed E-state index contributed by atoms with van der Waals surface area (Å²) in [6.45, 7) is 0.726. The van der Waals surface area contributed by atoms with E-state index in [1.54, 1.807) is 0 Å². The summed E-state index contributed by atoms with van der Waals surface area (Å²) in [7, 11) is 0. The fourth-order valence-electron chi connectivity index (χ4n) is 5.64. The van der Waals surface area contributed by atoms with Crippen molar-refractivity contribution in [3.8, 4) is 22.5 Å². The van der Waals surface area contributed by atoms with E-state index in [0.717, 1.165) is 58.7 Å². The number of carboxylic acid groups (broad SMARTS) is 1. The van der Waals surface area contributed by atoms with Gasteiger partial charge in [-0.3, -0.25) is 9.59 Å². The Labute approximate surface area is 214 Å². The van der Waals surface area contributed by atoms with Gasteiger partial charge in [-0.05, 0) is 70.5 Å². The van der Waals surface area contributed by atoms with E-state index in [4.69, 9.17) is 0 Å². The van der Waals surface area contributed by atoms with Crippen LogP contribution in [0.1, 0.15) is 44.1 Å². The molecule has 0 atom stereocenters. The molecule has 2 aliphatic rings. The standard InChI is InChI=1S/C29H29N5O3/c35-27(20-9-10-20)34(18-29(28(36)37)13-3-4-14-29)17-19-7-8-22-16-23(12-11-21(22)15-19)24-5-1-2-6-25(24)26-30-32-33-31-26/h1-2,5-8,11-12,15-16,20H,3-4,9-10,13-14,17-18H2,(H,36,37)(H,30,31,32,33). The highest BCUT2D eigenvalue weighted by Crippen LogP contribution is 2.41. The average molecular weight is 496 g/mol. The van der Waals surface area contributed by atoms with Crippen molar-refractivity contribution in [1.82, 2.24) is 25.5 Å². The zero-order chi connectivity index (χ0) is 25.4. The monoisotopic (exact) mass is 495 g/mol. The summed E-state index contributed by atoms with van der Waals surface area (Å²) >= 11 is 0. The maximum absolute atomic E-state index is 13.2. The van der Waals surface area contributed by atoms with Crippen molar-refractivity contribution in [3.63, 3.8) is 0 Å². The van der Waals surface area contributed by atoms with Crippen LogP contribution < -0.4 is 0 Å². The van der Waals surface area contributed by atoms with Crippen LogP contribution >= 0.6 is 0 Å². The number of aromatic nitrogens is 4. The van der Waals surface area contributed by atoms with Gasteiger partial charge >= 0.3 is 5.97 Å². The minimum Gasteiger partial charge on any atom is -0.481 e. The molecule has 0 spiro atoms. The highest BCUT2D eigenvalue weighted by atomic mass is 16.4. The van der Waals surface area contributed by atoms with Crippen molar-refractivity contribution in [2.75, 3.05) is 6.54 Å². The number of carbonyl (C=O) groups excluding carboxylic acids is 1. The number of rotatable bonds is 8. The zero-order valence-corrected chi connectivity index (χ0v) is 20.6. The summed E-state index contributed by atoms with van der Waals surface area (Å²) in [6.07, 6.45) is 4.91. The van der Waals surface area contributed by atoms with Gasteiger partial charge in [0, 0.05) is 24.6 Å². The van der Waals surface area contributed by atoms with Crippen LogP contribution in [0.2, 0.25) is 0 Å². The number of carbonyl (C=O) groups is 2. The molecule has 4 aromatic rings. The van der Waals surface area contributed by atoms with E-state index in [0.29, 0.717) is 31.8 Å². The first-order valence-electron chi connectivity index (χ1n) is 12.9. The zero-order valence-electron chi connectivity index (χ0n) is 20.6. The van der Waals surface area contributed by atoms with Gasteiger partial charge < -0.3 is 10.0 Å². The highest BCUT2D eigenvalue weighted by Gasteiger charge is 2.45. The van der Waals surface area contributed by atoms with E-state index < -0.39 is 11.4 Å². The Bertz CT molecular complexity index is 1460. The van der Waals surface area contributed by atoms with Gasteiger partial charge in [0.25, 0.3) is 0 Å². The van der Waals surface area contributed by atoms with E-state index in [-0.39, 0.29) is 11.8 Å². The van der Waals surface area contributed by atoms with Crippen LogP contribution in [0.15, 0.2) is 60.7 Å². The number of hydrogen-bond donors (Lipinski definition) is 2. The summed E-state index contributed by atoms with van der Waals surface area (Å²) in [5.74, 6) is -0.0748. The van der Waals surface area contributed by atoms with Gasteiger partial charge in [0.15, 0.2) is 0 Å². The van der Waals surface area contributed by atoms with E-state index in [2.05, 4.69) is 51.0 Å². The lowest BCUT2D eigenvalue weighted by atomic mass is 9.85. The van der Waals surface area contributed by atoms with Gasteiger partial charge in [-0.2, -0.15) is 5.21 Å². The first-order valence-corrected chi connectivity index (χ1v) is 12.9. The summed E-state index contributed by atoms with van der Waals surface area (Å²) in [5.41, 5.74) is 3.17. The fourth-order valence-corrected chi connectivity index (χ4v) is 5.64. The minimum atomic E-state index is -0.817. The molecule has 188 valence electrons. The van der Waals surface area contributed by atoms with Gasteiger partial charge in [-0.15, -0.1) is 10.2 Å². The van der Waals surface area contributed by atoms with Gasteiger partial charge in [-0.25, -0.2) is 0 Å². The van der Waals surface area contributed by atoms with Crippen LogP contribution in [0.3, 0.4) is 0 Å². The molecular formula is C29H29N5O3. The largest absolute Gasteiger partial charge is 0.481 e. The number of tetrazole rings is 1. The molecule has 0 aliphatic heterocycles. The SMILES string of the molecule is O=C(C1CC1)N(Cc1ccc2cc(-c3ccccc3-c3nn[nH]n3)ccc2c1)CC1(C(=O)O)CCCC1. The Kier molecular flexibility index (Phi) is 5.94. The average Bonchev–Trinajstić information content (AvgIpc) is 3.40. The Morgan fingerprint density at radius 1 is 0.973 bits per heavy atom. The lowest BCUT2D eigenvalue weighted by Crippen LogP contribution is -2.44. The predicted molar refractivity (Wildman–Crippen MR) is 139 cm³/mol. The second kappa shape index (κ2) is 9.42. The fraction of sp³-hybridized carbons (Fsp3) is 0.345. The second-order valence-corrected chi connectivity index (χ2v) is 10.4. The minimum absolute atomic E-state index is 0.0505. The van der Waals surface area contributed by atoms with E-state index in [9.17, 15) is 14.7 Å². The molecule has 0 unspecified atom stereocenters. The van der Waals surface area contributed by atoms with Crippen LogP contribution in [-0.2, 0) is 16.1 Å². The van der Waals surface area contributed by atoms with Crippen LogP contribution in [0, 0.1) is 11.3 Å². The molecule has 0 bridgehead atoms. The number of amides is 1. The number of aromatic amines is 1. The van der Waals surface area contributed by atoms with Crippen LogP contribution in [0.25, 0.3) is 33.3 Å². The molecule has 2 fully saturated rings. The number of carboxylic acids is 1. The predicted octanol–water partition coefficient (Wildman–Crippen LogP) is 5.07. The van der Waals surface area contributed by atoms with E-state index >= 15 is 0 Å². The summed E-state index contributed by atoms with van der Waals surface area (Å²) in [4.78, 5) is 27.2. The van der Waals surface area contributed by atoms with Gasteiger partial charge in [0.05, 0.1) is 5.41 Å². The smallest absolute Gasteiger partial charge is 0.311 e. The molecule has 1 amide bonds. The van der Waals surface area contributed by atoms with Crippen molar-refractivity contribution in [2.24, 2.45) is 11.3 Å². The molecule has 3 aromatic carbocycles. The molecule has 2 aliphatic carbocycles. The van der Waals surface area contributed by atoms with Gasteiger partial charge in [0.2, 0.25) is 11.7 Å². The Morgan fingerprint density at radius 2 is 1.70 bits per heavy atom. The third-order valence-corrected chi connectivity index (χ3v) is 7.85. The van der Waals surface area contributed by atoms with E-state index in [1.165, 1.54) is 0 Å². The molecule has 8 nitrogen and oxygen atoms in total. The van der Waals surface area contributed by atoms with E-state index in [1.807, 2.05) is 35.2 Å². The topological polar surface area (TPSA) is 112 Å². The number of H-pyrrole nitrogens is 1. The van der Waals surface area contributed by atoms with Crippen molar-refractivity contribution < 1.29 is 14.7 Å².